The molecule has 0 spiro atoms. The molecule has 0 aliphatic rings. The zero-order valence-corrected chi connectivity index (χ0v) is 12.1. The summed E-state index contributed by atoms with van der Waals surface area (Å²) in [6.07, 6.45) is 0. The molecule has 5 heteroatoms. The molecule has 0 aliphatic carbocycles. The number of fused-ring (bicyclic) bond motifs is 3. The van der Waals surface area contributed by atoms with Crippen LogP contribution in [0.3, 0.4) is 0 Å². The van der Waals surface area contributed by atoms with Crippen LogP contribution in [0.15, 0.2) is 12.1 Å². The molecule has 78 valence electrons. The molecule has 0 saturated heterocycles. The zero-order valence-electron chi connectivity index (χ0n) is 8.47. The minimum absolute atomic E-state index is 0.884. The molecule has 15 heavy (non-hydrogen) atoms. The van der Waals surface area contributed by atoms with Crippen molar-refractivity contribution in [3.63, 3.8) is 0 Å². The number of hydrogen-bond donors (Lipinski definition) is 1. The van der Waals surface area contributed by atoms with Gasteiger partial charge in [0, 0.05) is 21.9 Å². The summed E-state index contributed by atoms with van der Waals surface area (Å²) in [5.41, 5.74) is 0. The highest BCUT2D eigenvalue weighted by Gasteiger charge is 2.10. The highest BCUT2D eigenvalue weighted by Crippen LogP contribution is 2.46. The molecule has 0 bridgehead atoms. The Morgan fingerprint density at radius 3 is 2.67 bits per heavy atom. The first-order valence-corrected chi connectivity index (χ1v) is 8.85. The van der Waals surface area contributed by atoms with Crippen LogP contribution in [0.1, 0.15) is 0 Å². The topological polar surface area (TPSA) is 12.0 Å². The van der Waals surface area contributed by atoms with Gasteiger partial charge in [-0.3, -0.25) is 0 Å². The lowest BCUT2D eigenvalue weighted by Gasteiger charge is -1.87. The zero-order chi connectivity index (χ0) is 10.4. The SMILES string of the molecule is CNc1cc2[pH]c3cc(PC)sc3c2s1. The molecule has 1 N–H and O–H groups in total. The first kappa shape index (κ1) is 10.1. The third-order valence-electron chi connectivity index (χ3n) is 2.43. The second-order valence-corrected chi connectivity index (χ2v) is 8.16. The number of nitrogens with one attached hydrogen (secondary N) is 1. The quantitative estimate of drug-likeness (QED) is 0.691. The van der Waals surface area contributed by atoms with Crippen LogP contribution in [-0.4, -0.2) is 13.7 Å². The van der Waals surface area contributed by atoms with Gasteiger partial charge in [-0.1, -0.05) is 8.58 Å². The van der Waals surface area contributed by atoms with E-state index < -0.39 is 0 Å². The normalized spacial score (nSPS) is 12.9. The highest BCUT2D eigenvalue weighted by molar-refractivity contribution is 7.59. The van der Waals surface area contributed by atoms with Crippen LogP contribution in [0.2, 0.25) is 0 Å². The molecule has 0 fully saturated rings. The summed E-state index contributed by atoms with van der Waals surface area (Å²) in [6, 6.07) is 4.71. The van der Waals surface area contributed by atoms with Crippen LogP contribution in [0.5, 0.6) is 0 Å². The smallest absolute Gasteiger partial charge is 0.0896 e. The van der Waals surface area contributed by atoms with Crippen molar-refractivity contribution in [1.82, 2.24) is 0 Å². The molecule has 3 aromatic heterocycles. The summed E-state index contributed by atoms with van der Waals surface area (Å²) in [5, 5.41) is 7.65. The van der Waals surface area contributed by atoms with Gasteiger partial charge in [0.15, 0.2) is 0 Å². The Hall–Kier alpha value is -0.0700. The maximum absolute atomic E-state index is 3.24. The summed E-state index contributed by atoms with van der Waals surface area (Å²) < 4.78 is 4.61. The van der Waals surface area contributed by atoms with Gasteiger partial charge in [0.1, 0.15) is 0 Å². The molecule has 2 unspecified atom stereocenters. The summed E-state index contributed by atoms with van der Waals surface area (Å²) >= 11 is 3.89. The Morgan fingerprint density at radius 1 is 1.20 bits per heavy atom. The van der Waals surface area contributed by atoms with E-state index in [2.05, 4.69) is 24.1 Å². The van der Waals surface area contributed by atoms with E-state index >= 15 is 0 Å². The summed E-state index contributed by atoms with van der Waals surface area (Å²) in [7, 11) is 3.82. The molecule has 0 radical (unpaired) electrons. The van der Waals surface area contributed by atoms with Crippen molar-refractivity contribution < 1.29 is 0 Å². The van der Waals surface area contributed by atoms with Gasteiger partial charge in [0.2, 0.25) is 0 Å². The maximum Gasteiger partial charge on any atom is 0.0896 e. The van der Waals surface area contributed by atoms with Crippen molar-refractivity contribution in [3.05, 3.63) is 12.1 Å². The standard InChI is InChI=1S/C10H11NP2S2/c1-11-7-3-5-9(14-7)10-6(13-5)4-8(12-2)15-10/h3-4,11-13H,1-2H3. The average molecular weight is 271 g/mol. The van der Waals surface area contributed by atoms with E-state index in [0.717, 1.165) is 16.8 Å². The fourth-order valence-corrected chi connectivity index (χ4v) is 6.94. The molecule has 0 saturated carbocycles. The van der Waals surface area contributed by atoms with Crippen LogP contribution in [0, 0.1) is 0 Å². The molecule has 3 aromatic rings. The molecular weight excluding hydrogens is 260 g/mol. The van der Waals surface area contributed by atoms with Gasteiger partial charge >= 0.3 is 0 Å². The van der Waals surface area contributed by atoms with Gasteiger partial charge < -0.3 is 5.32 Å². The minimum atomic E-state index is 0.884. The van der Waals surface area contributed by atoms with Gasteiger partial charge in [-0.25, -0.2) is 0 Å². The van der Waals surface area contributed by atoms with Crippen LogP contribution in [0.4, 0.5) is 5.00 Å². The Bertz CT molecular complexity index is 567. The molecule has 2 atom stereocenters. The number of hydrogen-bond acceptors (Lipinski definition) is 3. The summed E-state index contributed by atoms with van der Waals surface area (Å²) in [6.45, 7) is 2.26. The maximum atomic E-state index is 3.24. The second-order valence-electron chi connectivity index (χ2n) is 3.33. The molecule has 3 rings (SSSR count). The van der Waals surface area contributed by atoms with E-state index in [-0.39, 0.29) is 0 Å². The van der Waals surface area contributed by atoms with Crippen molar-refractivity contribution in [3.8, 4) is 0 Å². The van der Waals surface area contributed by atoms with Crippen LogP contribution in [0.25, 0.3) is 19.6 Å². The van der Waals surface area contributed by atoms with E-state index in [9.17, 15) is 0 Å². The van der Waals surface area contributed by atoms with Gasteiger partial charge in [-0.2, -0.15) is 0 Å². The molecule has 0 amide bonds. The predicted molar refractivity (Wildman–Crippen MR) is 80.1 cm³/mol. The predicted octanol–water partition coefficient (Wildman–Crippen LogP) is 4.12. The Balaban J connectivity index is 2.32. The summed E-state index contributed by atoms with van der Waals surface area (Å²) in [5.74, 6) is 0. The monoisotopic (exact) mass is 271 g/mol. The molecule has 0 aliphatic heterocycles. The lowest BCUT2D eigenvalue weighted by Crippen LogP contribution is -1.79. The fourth-order valence-electron chi connectivity index (χ4n) is 1.70. The van der Waals surface area contributed by atoms with Crippen LogP contribution < -0.4 is 9.94 Å². The van der Waals surface area contributed by atoms with Crippen LogP contribution >= 0.6 is 39.4 Å². The van der Waals surface area contributed by atoms with Crippen molar-refractivity contribution in [2.45, 2.75) is 0 Å². The van der Waals surface area contributed by atoms with Gasteiger partial charge in [-0.05, 0) is 18.8 Å². The average Bonchev–Trinajstić information content (AvgIpc) is 2.85. The van der Waals surface area contributed by atoms with Gasteiger partial charge in [0.05, 0.1) is 14.4 Å². The second kappa shape index (κ2) is 3.75. The van der Waals surface area contributed by atoms with Crippen molar-refractivity contribution in [2.24, 2.45) is 0 Å². The third kappa shape index (κ3) is 1.54. The van der Waals surface area contributed by atoms with Crippen molar-refractivity contribution in [2.75, 3.05) is 19.0 Å². The number of rotatable bonds is 2. The molecule has 3 heterocycles. The Morgan fingerprint density at radius 2 is 1.93 bits per heavy atom. The van der Waals surface area contributed by atoms with Crippen molar-refractivity contribution in [1.29, 1.82) is 0 Å². The highest BCUT2D eigenvalue weighted by atomic mass is 32.1. The van der Waals surface area contributed by atoms with E-state index in [1.54, 1.807) is 14.4 Å². The van der Waals surface area contributed by atoms with E-state index in [1.807, 2.05) is 29.7 Å². The lowest BCUT2D eigenvalue weighted by atomic mass is 10.5. The number of anilines is 1. The van der Waals surface area contributed by atoms with Crippen LogP contribution in [-0.2, 0) is 0 Å². The van der Waals surface area contributed by atoms with Gasteiger partial charge in [-0.15, -0.1) is 30.9 Å². The largest absolute Gasteiger partial charge is 0.380 e. The van der Waals surface area contributed by atoms with Crippen molar-refractivity contribution >= 4 is 68.7 Å². The third-order valence-corrected chi connectivity index (χ3v) is 7.94. The first-order chi connectivity index (χ1) is 7.31. The Labute approximate surface area is 99.8 Å². The fraction of sp³-hybridized carbons (Fsp3) is 0.200. The molecule has 1 nitrogen and oxygen atoms in total. The van der Waals surface area contributed by atoms with Gasteiger partial charge in [0.25, 0.3) is 0 Å². The van der Waals surface area contributed by atoms with E-state index in [4.69, 9.17) is 0 Å². The number of thiophene rings is 2. The minimum Gasteiger partial charge on any atom is -0.380 e. The molecular formula is C10H11NP2S2. The van der Waals surface area contributed by atoms with E-state index in [0.29, 0.717) is 0 Å². The lowest BCUT2D eigenvalue weighted by molar-refractivity contribution is 1.60. The molecule has 0 aromatic carbocycles. The Kier molecular flexibility index (Phi) is 2.52. The first-order valence-electron chi connectivity index (χ1n) is 4.72. The summed E-state index contributed by atoms with van der Waals surface area (Å²) in [4.78, 5) is 0. The van der Waals surface area contributed by atoms with E-state index in [1.165, 1.54) is 14.8 Å².